The third-order valence-corrected chi connectivity index (χ3v) is 4.48. The summed E-state index contributed by atoms with van der Waals surface area (Å²) in [6.45, 7) is 5.65. The van der Waals surface area contributed by atoms with Crippen LogP contribution in [0.5, 0.6) is 5.75 Å². The van der Waals surface area contributed by atoms with Gasteiger partial charge in [-0.3, -0.25) is 14.9 Å². The predicted octanol–water partition coefficient (Wildman–Crippen LogP) is 3.35. The summed E-state index contributed by atoms with van der Waals surface area (Å²) in [5.41, 5.74) is 2.48. The molecule has 142 valence electrons. The molecule has 0 spiro atoms. The minimum Gasteiger partial charge on any atom is -0.508 e. The highest BCUT2D eigenvalue weighted by molar-refractivity contribution is 6.39. The highest BCUT2D eigenvalue weighted by Gasteiger charge is 2.36. The molecule has 1 aliphatic rings. The number of hydrogen-bond donors (Lipinski definition) is 2. The monoisotopic (exact) mass is 376 g/mol. The molecule has 4 amide bonds. The minimum atomic E-state index is -0.783. The van der Waals surface area contributed by atoms with Crippen LogP contribution in [0, 0.1) is 0 Å². The van der Waals surface area contributed by atoms with Gasteiger partial charge in [0.25, 0.3) is 11.8 Å². The lowest BCUT2D eigenvalue weighted by atomic mass is 10.0. The van der Waals surface area contributed by atoms with Crippen LogP contribution in [0.3, 0.4) is 0 Å². The number of allylic oxidation sites excluding steroid dienone is 1. The van der Waals surface area contributed by atoms with Crippen molar-refractivity contribution in [2.75, 3.05) is 4.90 Å². The second kappa shape index (κ2) is 7.92. The van der Waals surface area contributed by atoms with Crippen molar-refractivity contribution in [1.29, 1.82) is 0 Å². The number of nitrogens with zero attached hydrogens (tertiary/aromatic N) is 1. The van der Waals surface area contributed by atoms with E-state index in [1.807, 2.05) is 19.1 Å². The van der Waals surface area contributed by atoms with E-state index in [0.717, 1.165) is 16.9 Å². The average Bonchev–Trinajstić information content (AvgIpc) is 2.68. The van der Waals surface area contributed by atoms with Gasteiger partial charge in [0, 0.05) is 0 Å². The highest BCUT2D eigenvalue weighted by Crippen LogP contribution is 2.24. The lowest BCUT2D eigenvalue weighted by Crippen LogP contribution is -2.54. The van der Waals surface area contributed by atoms with Crippen LogP contribution >= 0.6 is 0 Å². The first-order chi connectivity index (χ1) is 13.4. The fourth-order valence-corrected chi connectivity index (χ4v) is 2.95. The molecule has 0 atom stereocenters. The number of barbiturate groups is 1. The minimum absolute atomic E-state index is 0.106. The number of nitrogens with one attached hydrogen (secondary N) is 1. The SMILES string of the molecule is C=CCc1cc(C=C2C(=O)NC(=O)N(c3ccc(CC)cc3)C2=O)ccc1O. The zero-order chi connectivity index (χ0) is 20.3. The molecule has 0 radical (unpaired) electrons. The van der Waals surface area contributed by atoms with E-state index < -0.39 is 17.8 Å². The van der Waals surface area contributed by atoms with Crippen molar-refractivity contribution in [2.45, 2.75) is 19.8 Å². The largest absolute Gasteiger partial charge is 0.508 e. The molecule has 2 aromatic rings. The molecule has 28 heavy (non-hydrogen) atoms. The standard InChI is InChI=1S/C22H20N2O4/c1-3-5-16-12-15(8-11-19(16)25)13-18-20(26)23-22(28)24(21(18)27)17-9-6-14(4-2)7-10-17/h3,6-13,25H,1,4-5H2,2H3,(H,23,26,28). The Bertz CT molecular complexity index is 990. The fraction of sp³-hybridized carbons (Fsp3) is 0.136. The highest BCUT2D eigenvalue weighted by atomic mass is 16.3. The average molecular weight is 376 g/mol. The summed E-state index contributed by atoms with van der Waals surface area (Å²) >= 11 is 0. The van der Waals surface area contributed by atoms with Crippen molar-refractivity contribution in [2.24, 2.45) is 0 Å². The van der Waals surface area contributed by atoms with Crippen LogP contribution in [0.1, 0.15) is 23.6 Å². The Hall–Kier alpha value is -3.67. The van der Waals surface area contributed by atoms with Crippen molar-refractivity contribution in [1.82, 2.24) is 5.32 Å². The summed E-state index contributed by atoms with van der Waals surface area (Å²) < 4.78 is 0. The molecule has 0 aliphatic carbocycles. The van der Waals surface area contributed by atoms with E-state index in [9.17, 15) is 19.5 Å². The number of phenolic OH excluding ortho intramolecular Hbond substituents is 1. The van der Waals surface area contributed by atoms with E-state index in [2.05, 4.69) is 11.9 Å². The van der Waals surface area contributed by atoms with Gasteiger partial charge in [0.1, 0.15) is 11.3 Å². The van der Waals surface area contributed by atoms with Gasteiger partial charge >= 0.3 is 6.03 Å². The van der Waals surface area contributed by atoms with Crippen LogP contribution in [0.25, 0.3) is 6.08 Å². The lowest BCUT2D eigenvalue weighted by Gasteiger charge is -2.26. The summed E-state index contributed by atoms with van der Waals surface area (Å²) in [6, 6.07) is 11.0. The Balaban J connectivity index is 1.98. The summed E-state index contributed by atoms with van der Waals surface area (Å²) in [5, 5.41) is 12.1. The number of amides is 4. The number of aromatic hydroxyl groups is 1. The zero-order valence-electron chi connectivity index (χ0n) is 15.4. The molecule has 6 heteroatoms. The molecule has 1 aliphatic heterocycles. The Kier molecular flexibility index (Phi) is 5.40. The number of phenols is 1. The van der Waals surface area contributed by atoms with Gasteiger partial charge in [-0.25, -0.2) is 9.69 Å². The molecule has 1 heterocycles. The van der Waals surface area contributed by atoms with Gasteiger partial charge in [0.05, 0.1) is 5.69 Å². The number of carbonyl (C=O) groups excluding carboxylic acids is 3. The number of rotatable bonds is 5. The van der Waals surface area contributed by atoms with Crippen LogP contribution in [0.2, 0.25) is 0 Å². The number of anilines is 1. The van der Waals surface area contributed by atoms with Crippen molar-refractivity contribution in [3.63, 3.8) is 0 Å². The van der Waals surface area contributed by atoms with Crippen molar-refractivity contribution in [3.05, 3.63) is 77.4 Å². The normalized spacial score (nSPS) is 15.7. The number of carbonyl (C=O) groups is 3. The smallest absolute Gasteiger partial charge is 0.335 e. The third kappa shape index (κ3) is 3.71. The summed E-state index contributed by atoms with van der Waals surface area (Å²) in [7, 11) is 0. The zero-order valence-corrected chi connectivity index (χ0v) is 15.4. The molecule has 6 nitrogen and oxygen atoms in total. The van der Waals surface area contributed by atoms with E-state index in [-0.39, 0.29) is 11.3 Å². The molecule has 0 unspecified atom stereocenters. The van der Waals surface area contributed by atoms with E-state index in [1.165, 1.54) is 12.1 Å². The molecule has 0 aromatic heterocycles. The molecule has 1 fully saturated rings. The molecule has 2 aromatic carbocycles. The third-order valence-electron chi connectivity index (χ3n) is 4.48. The van der Waals surface area contributed by atoms with Gasteiger partial charge in [0.15, 0.2) is 0 Å². The summed E-state index contributed by atoms with van der Waals surface area (Å²) in [6.07, 6.45) is 4.32. The first-order valence-corrected chi connectivity index (χ1v) is 8.87. The van der Waals surface area contributed by atoms with Crippen molar-refractivity contribution < 1.29 is 19.5 Å². The Morgan fingerprint density at radius 3 is 2.46 bits per heavy atom. The Morgan fingerprint density at radius 2 is 1.82 bits per heavy atom. The van der Waals surface area contributed by atoms with Gasteiger partial charge in [-0.2, -0.15) is 0 Å². The second-order valence-corrected chi connectivity index (χ2v) is 6.36. The van der Waals surface area contributed by atoms with E-state index in [0.29, 0.717) is 23.2 Å². The number of imide groups is 2. The summed E-state index contributed by atoms with van der Waals surface area (Å²) in [5.74, 6) is -1.35. The maximum absolute atomic E-state index is 12.9. The van der Waals surface area contributed by atoms with Crippen LogP contribution in [-0.4, -0.2) is 23.0 Å². The van der Waals surface area contributed by atoms with E-state index in [1.54, 1.807) is 30.3 Å². The maximum atomic E-state index is 12.9. The molecule has 0 saturated carbocycles. The van der Waals surface area contributed by atoms with E-state index >= 15 is 0 Å². The van der Waals surface area contributed by atoms with Crippen LogP contribution < -0.4 is 10.2 Å². The Labute approximate surface area is 162 Å². The first kappa shape index (κ1) is 19.1. The van der Waals surface area contributed by atoms with Gasteiger partial charge in [-0.1, -0.05) is 31.2 Å². The Morgan fingerprint density at radius 1 is 1.11 bits per heavy atom. The second-order valence-electron chi connectivity index (χ2n) is 6.36. The molecular formula is C22H20N2O4. The topological polar surface area (TPSA) is 86.7 Å². The van der Waals surface area contributed by atoms with Crippen LogP contribution in [0.4, 0.5) is 10.5 Å². The van der Waals surface area contributed by atoms with Crippen molar-refractivity contribution in [3.8, 4) is 5.75 Å². The first-order valence-electron chi connectivity index (χ1n) is 8.87. The molecule has 2 N–H and O–H groups in total. The predicted molar refractivity (Wildman–Crippen MR) is 107 cm³/mol. The van der Waals surface area contributed by atoms with E-state index in [4.69, 9.17) is 0 Å². The van der Waals surface area contributed by atoms with Gasteiger partial charge < -0.3 is 5.11 Å². The number of hydrogen-bond acceptors (Lipinski definition) is 4. The van der Waals surface area contributed by atoms with Crippen LogP contribution in [-0.2, 0) is 22.4 Å². The van der Waals surface area contributed by atoms with Gasteiger partial charge in [-0.05, 0) is 59.9 Å². The maximum Gasteiger partial charge on any atom is 0.335 e. The molecular weight excluding hydrogens is 356 g/mol. The van der Waals surface area contributed by atoms with Gasteiger partial charge in [0.2, 0.25) is 0 Å². The summed E-state index contributed by atoms with van der Waals surface area (Å²) in [4.78, 5) is 38.4. The number of urea groups is 1. The molecule has 1 saturated heterocycles. The number of aryl methyl sites for hydroxylation is 1. The van der Waals surface area contributed by atoms with Crippen LogP contribution in [0.15, 0.2) is 60.7 Å². The number of benzene rings is 2. The molecule has 0 bridgehead atoms. The lowest BCUT2D eigenvalue weighted by molar-refractivity contribution is -0.122. The van der Waals surface area contributed by atoms with Gasteiger partial charge in [-0.15, -0.1) is 6.58 Å². The quantitative estimate of drug-likeness (QED) is 0.476. The fourth-order valence-electron chi connectivity index (χ4n) is 2.95. The molecule has 3 rings (SSSR count). The van der Waals surface area contributed by atoms with Crippen molar-refractivity contribution >= 4 is 29.6 Å².